The molecule has 8 heteroatoms. The Labute approximate surface area is 158 Å². The Bertz CT molecular complexity index is 962. The van der Waals surface area contributed by atoms with E-state index in [4.69, 9.17) is 0 Å². The van der Waals surface area contributed by atoms with Crippen LogP contribution in [0, 0.1) is 5.82 Å². The van der Waals surface area contributed by atoms with Gasteiger partial charge in [0.2, 0.25) is 15.9 Å². The Morgan fingerprint density at radius 2 is 1.93 bits per heavy atom. The molecule has 1 heterocycles. The molecule has 0 spiro atoms. The molecule has 2 aromatic carbocycles. The number of carbonyl (C=O) groups excluding carboxylic acids is 1. The van der Waals surface area contributed by atoms with Crippen molar-refractivity contribution in [3.8, 4) is 0 Å². The minimum atomic E-state index is -3.39. The quantitative estimate of drug-likeness (QED) is 0.870. The summed E-state index contributed by atoms with van der Waals surface area (Å²) < 4.78 is 39.0. The van der Waals surface area contributed by atoms with Crippen molar-refractivity contribution >= 4 is 33.0 Å². The Balaban J connectivity index is 1.85. The lowest BCUT2D eigenvalue weighted by Gasteiger charge is -2.24. The summed E-state index contributed by atoms with van der Waals surface area (Å²) in [5.41, 5.74) is 2.47. The van der Waals surface area contributed by atoms with Crippen LogP contribution in [0.25, 0.3) is 0 Å². The van der Waals surface area contributed by atoms with E-state index in [9.17, 15) is 17.6 Å². The molecular weight excluding hydrogens is 369 g/mol. The third kappa shape index (κ3) is 4.77. The molecule has 0 aliphatic carbocycles. The predicted octanol–water partition coefficient (Wildman–Crippen LogP) is 2.61. The summed E-state index contributed by atoms with van der Waals surface area (Å²) in [6.45, 7) is 1.27. The van der Waals surface area contributed by atoms with Crippen molar-refractivity contribution in [3.05, 3.63) is 53.8 Å². The van der Waals surface area contributed by atoms with Crippen molar-refractivity contribution in [1.82, 2.24) is 0 Å². The molecule has 27 heavy (non-hydrogen) atoms. The lowest BCUT2D eigenvalue weighted by molar-refractivity contribution is -0.118. The van der Waals surface area contributed by atoms with Crippen LogP contribution >= 0.6 is 0 Å². The lowest BCUT2D eigenvalue weighted by atomic mass is 10.1. The van der Waals surface area contributed by atoms with Crippen molar-refractivity contribution in [2.45, 2.75) is 12.8 Å². The van der Waals surface area contributed by atoms with Crippen LogP contribution in [-0.4, -0.2) is 40.7 Å². The molecule has 0 radical (unpaired) electrons. The second-order valence-corrected chi connectivity index (χ2v) is 8.45. The van der Waals surface area contributed by atoms with Crippen LogP contribution in [0.1, 0.15) is 12.0 Å². The Hall–Kier alpha value is -2.61. The minimum Gasteiger partial charge on any atom is -0.373 e. The van der Waals surface area contributed by atoms with E-state index in [1.807, 2.05) is 11.9 Å². The van der Waals surface area contributed by atoms with Crippen LogP contribution in [0.15, 0.2) is 42.5 Å². The Kier molecular flexibility index (Phi) is 5.36. The Morgan fingerprint density at radius 1 is 1.15 bits per heavy atom. The number of sulfonamides is 1. The second-order valence-electron chi connectivity index (χ2n) is 6.70. The fraction of sp³-hybridized carbons (Fsp3) is 0.316. The Morgan fingerprint density at radius 3 is 2.67 bits per heavy atom. The monoisotopic (exact) mass is 391 g/mol. The van der Waals surface area contributed by atoms with Gasteiger partial charge in [0.15, 0.2) is 0 Å². The van der Waals surface area contributed by atoms with Gasteiger partial charge in [-0.05, 0) is 42.3 Å². The predicted molar refractivity (Wildman–Crippen MR) is 105 cm³/mol. The smallest absolute Gasteiger partial charge is 0.231 e. The summed E-state index contributed by atoms with van der Waals surface area (Å²) in [5, 5.41) is 0. The van der Waals surface area contributed by atoms with Crippen molar-refractivity contribution in [2.24, 2.45) is 0 Å². The van der Waals surface area contributed by atoms with E-state index in [-0.39, 0.29) is 18.1 Å². The first-order valence-corrected chi connectivity index (χ1v) is 10.5. The van der Waals surface area contributed by atoms with E-state index in [1.54, 1.807) is 35.2 Å². The van der Waals surface area contributed by atoms with Gasteiger partial charge in [-0.3, -0.25) is 9.52 Å². The standard InChI is InChI=1S/C19H22FN3O3S/c1-22-9-4-10-23(18-13-15(20)7-8-17(18)22)19(24)12-14-5-3-6-16(11-14)21-27(2,25)26/h3,5-8,11,13,21H,4,9-10,12H2,1-2H3. The number of anilines is 3. The maximum Gasteiger partial charge on any atom is 0.231 e. The number of rotatable bonds is 4. The number of amides is 1. The first-order valence-electron chi connectivity index (χ1n) is 8.61. The molecule has 0 saturated carbocycles. The molecule has 0 saturated heterocycles. The summed E-state index contributed by atoms with van der Waals surface area (Å²) in [6.07, 6.45) is 1.94. The molecule has 2 aromatic rings. The van der Waals surface area contributed by atoms with Crippen LogP contribution < -0.4 is 14.5 Å². The zero-order valence-corrected chi connectivity index (χ0v) is 16.1. The fourth-order valence-electron chi connectivity index (χ4n) is 3.23. The summed E-state index contributed by atoms with van der Waals surface area (Å²) in [7, 11) is -1.47. The van der Waals surface area contributed by atoms with E-state index in [0.717, 1.165) is 24.9 Å². The molecule has 6 nitrogen and oxygen atoms in total. The zero-order chi connectivity index (χ0) is 19.6. The van der Waals surface area contributed by atoms with Gasteiger partial charge in [0.1, 0.15) is 5.82 Å². The zero-order valence-electron chi connectivity index (χ0n) is 15.3. The molecule has 0 atom stereocenters. The van der Waals surface area contributed by atoms with Crippen molar-refractivity contribution < 1.29 is 17.6 Å². The molecule has 1 aliphatic heterocycles. The molecule has 0 bridgehead atoms. The number of fused-ring (bicyclic) bond motifs is 1. The number of hydrogen-bond acceptors (Lipinski definition) is 4. The average Bonchev–Trinajstić information content (AvgIpc) is 2.72. The fourth-order valence-corrected chi connectivity index (χ4v) is 3.79. The van der Waals surface area contributed by atoms with Crippen LogP contribution in [0.2, 0.25) is 0 Å². The van der Waals surface area contributed by atoms with Crippen LogP contribution in [0.3, 0.4) is 0 Å². The average molecular weight is 391 g/mol. The number of hydrogen-bond donors (Lipinski definition) is 1. The summed E-state index contributed by atoms with van der Waals surface area (Å²) in [5.74, 6) is -0.546. The van der Waals surface area contributed by atoms with E-state index in [2.05, 4.69) is 4.72 Å². The number of nitrogens with one attached hydrogen (secondary N) is 1. The molecule has 0 aromatic heterocycles. The van der Waals surface area contributed by atoms with E-state index in [0.29, 0.717) is 23.5 Å². The maximum absolute atomic E-state index is 13.8. The first-order chi connectivity index (χ1) is 12.7. The molecule has 0 fully saturated rings. The molecule has 1 aliphatic rings. The first kappa shape index (κ1) is 19.2. The van der Waals surface area contributed by atoms with Gasteiger partial charge in [-0.15, -0.1) is 0 Å². The van der Waals surface area contributed by atoms with Crippen LogP contribution in [0.5, 0.6) is 0 Å². The lowest BCUT2D eigenvalue weighted by Crippen LogP contribution is -2.33. The van der Waals surface area contributed by atoms with Crippen molar-refractivity contribution in [1.29, 1.82) is 0 Å². The van der Waals surface area contributed by atoms with Crippen LogP contribution in [-0.2, 0) is 21.2 Å². The number of halogens is 1. The normalized spacial score (nSPS) is 14.5. The number of benzene rings is 2. The van der Waals surface area contributed by atoms with Gasteiger partial charge in [0.25, 0.3) is 0 Å². The van der Waals surface area contributed by atoms with Gasteiger partial charge in [-0.25, -0.2) is 12.8 Å². The van der Waals surface area contributed by atoms with Crippen molar-refractivity contribution in [2.75, 3.05) is 40.9 Å². The second kappa shape index (κ2) is 7.56. The van der Waals surface area contributed by atoms with Gasteiger partial charge in [0, 0.05) is 25.8 Å². The molecular formula is C19H22FN3O3S. The van der Waals surface area contributed by atoms with Gasteiger partial charge < -0.3 is 9.80 Å². The highest BCUT2D eigenvalue weighted by Gasteiger charge is 2.24. The van der Waals surface area contributed by atoms with Gasteiger partial charge >= 0.3 is 0 Å². The largest absolute Gasteiger partial charge is 0.373 e. The number of nitrogens with zero attached hydrogens (tertiary/aromatic N) is 2. The number of carbonyl (C=O) groups is 1. The third-order valence-corrected chi connectivity index (χ3v) is 5.01. The topological polar surface area (TPSA) is 69.7 Å². The SMILES string of the molecule is CN1CCCN(C(=O)Cc2cccc(NS(C)(=O)=O)c2)c2cc(F)ccc21. The summed E-state index contributed by atoms with van der Waals surface area (Å²) in [4.78, 5) is 16.6. The maximum atomic E-state index is 13.8. The summed E-state index contributed by atoms with van der Waals surface area (Å²) in [6, 6.07) is 11.2. The van der Waals surface area contributed by atoms with E-state index >= 15 is 0 Å². The van der Waals surface area contributed by atoms with E-state index < -0.39 is 10.0 Å². The highest BCUT2D eigenvalue weighted by atomic mass is 32.2. The highest BCUT2D eigenvalue weighted by Crippen LogP contribution is 2.32. The van der Waals surface area contributed by atoms with Crippen molar-refractivity contribution in [3.63, 3.8) is 0 Å². The highest BCUT2D eigenvalue weighted by molar-refractivity contribution is 7.92. The molecule has 1 amide bonds. The van der Waals surface area contributed by atoms with Gasteiger partial charge in [-0.2, -0.15) is 0 Å². The minimum absolute atomic E-state index is 0.0962. The summed E-state index contributed by atoms with van der Waals surface area (Å²) >= 11 is 0. The molecule has 0 unspecified atom stereocenters. The van der Waals surface area contributed by atoms with Crippen LogP contribution in [0.4, 0.5) is 21.5 Å². The molecule has 3 rings (SSSR count). The van der Waals surface area contributed by atoms with E-state index in [1.165, 1.54) is 12.1 Å². The van der Waals surface area contributed by atoms with Gasteiger partial charge in [0.05, 0.1) is 24.1 Å². The molecule has 1 N–H and O–H groups in total. The van der Waals surface area contributed by atoms with Gasteiger partial charge in [-0.1, -0.05) is 12.1 Å². The third-order valence-electron chi connectivity index (χ3n) is 4.40. The molecule has 144 valence electrons.